The number of carbonyl (C=O) groups is 1. The van der Waals surface area contributed by atoms with Crippen LogP contribution in [0.3, 0.4) is 0 Å². The normalized spacial score (nSPS) is 11.1. The largest absolute Gasteiger partial charge is 0.482 e. The molecular formula is C18H16Cl2N2O2S. The first-order chi connectivity index (χ1) is 11.9. The fraction of sp³-hybridized carbons (Fsp3) is 0.222. The molecule has 0 atom stereocenters. The average Bonchev–Trinajstić information content (AvgIpc) is 2.95. The lowest BCUT2D eigenvalue weighted by Crippen LogP contribution is -2.20. The molecule has 1 N–H and O–H groups in total. The van der Waals surface area contributed by atoms with E-state index in [4.69, 9.17) is 27.9 Å². The molecule has 0 saturated carbocycles. The first-order valence-corrected chi connectivity index (χ1v) is 9.28. The molecule has 0 radical (unpaired) electrons. The van der Waals surface area contributed by atoms with Crippen LogP contribution in [0.1, 0.15) is 25.3 Å². The van der Waals surface area contributed by atoms with Crippen molar-refractivity contribution in [1.82, 2.24) is 4.98 Å². The first kappa shape index (κ1) is 18.0. The smallest absolute Gasteiger partial charge is 0.264 e. The van der Waals surface area contributed by atoms with Crippen molar-refractivity contribution in [2.75, 3.05) is 11.9 Å². The summed E-state index contributed by atoms with van der Waals surface area (Å²) in [5.41, 5.74) is 2.10. The predicted octanol–water partition coefficient (Wildman–Crippen LogP) is 5.74. The van der Waals surface area contributed by atoms with Crippen LogP contribution < -0.4 is 10.1 Å². The van der Waals surface area contributed by atoms with Gasteiger partial charge in [0.1, 0.15) is 5.75 Å². The lowest BCUT2D eigenvalue weighted by Gasteiger charge is -2.07. The molecule has 0 aliphatic rings. The summed E-state index contributed by atoms with van der Waals surface area (Å²) < 4.78 is 6.48. The maximum atomic E-state index is 12.1. The zero-order valence-electron chi connectivity index (χ0n) is 13.7. The Balaban J connectivity index is 1.68. The molecule has 0 saturated heterocycles. The van der Waals surface area contributed by atoms with Gasteiger partial charge >= 0.3 is 0 Å². The van der Waals surface area contributed by atoms with Crippen molar-refractivity contribution in [2.24, 2.45) is 0 Å². The van der Waals surface area contributed by atoms with Gasteiger partial charge < -0.3 is 4.74 Å². The van der Waals surface area contributed by atoms with E-state index < -0.39 is 0 Å². The van der Waals surface area contributed by atoms with Gasteiger partial charge in [-0.1, -0.05) is 60.5 Å². The summed E-state index contributed by atoms with van der Waals surface area (Å²) in [4.78, 5) is 16.7. The number of fused-ring (bicyclic) bond motifs is 1. The molecule has 1 heterocycles. The number of hydrogen-bond acceptors (Lipinski definition) is 4. The van der Waals surface area contributed by atoms with Gasteiger partial charge in [0.25, 0.3) is 5.91 Å². The van der Waals surface area contributed by atoms with Gasteiger partial charge in [-0.15, -0.1) is 0 Å². The minimum atomic E-state index is -0.295. The highest BCUT2D eigenvalue weighted by Gasteiger charge is 2.13. The third kappa shape index (κ3) is 4.24. The van der Waals surface area contributed by atoms with Gasteiger partial charge in [-0.3, -0.25) is 10.1 Å². The molecule has 0 aliphatic carbocycles. The Morgan fingerprint density at radius 2 is 2.08 bits per heavy atom. The Bertz CT molecular complexity index is 925. The van der Waals surface area contributed by atoms with E-state index in [9.17, 15) is 4.79 Å². The Labute approximate surface area is 159 Å². The molecule has 1 aromatic heterocycles. The Morgan fingerprint density at radius 1 is 1.28 bits per heavy atom. The van der Waals surface area contributed by atoms with Crippen LogP contribution in [-0.2, 0) is 4.79 Å². The van der Waals surface area contributed by atoms with Crippen LogP contribution in [0.2, 0.25) is 10.0 Å². The number of nitrogens with one attached hydrogen (secondary N) is 1. The number of hydrogen-bond donors (Lipinski definition) is 1. The molecular weight excluding hydrogens is 379 g/mol. The molecule has 0 aliphatic heterocycles. The first-order valence-electron chi connectivity index (χ1n) is 7.71. The molecule has 2 aromatic carbocycles. The molecule has 0 bridgehead atoms. The highest BCUT2D eigenvalue weighted by molar-refractivity contribution is 7.22. The molecule has 25 heavy (non-hydrogen) atoms. The van der Waals surface area contributed by atoms with Gasteiger partial charge in [0.2, 0.25) is 0 Å². The number of ether oxygens (including phenoxy) is 1. The second kappa shape index (κ2) is 7.60. The topological polar surface area (TPSA) is 51.2 Å². The Kier molecular flexibility index (Phi) is 5.47. The van der Waals surface area contributed by atoms with Crippen molar-refractivity contribution < 1.29 is 9.53 Å². The van der Waals surface area contributed by atoms with E-state index in [2.05, 4.69) is 30.2 Å². The van der Waals surface area contributed by atoms with E-state index in [-0.39, 0.29) is 12.5 Å². The second-order valence-electron chi connectivity index (χ2n) is 5.78. The number of anilines is 1. The minimum Gasteiger partial charge on any atom is -0.482 e. The fourth-order valence-corrected chi connectivity index (χ4v) is 3.76. The SMILES string of the molecule is CC(C)c1cccc2sc(NC(=O)COc3ccc(Cl)cc3Cl)nc12. The van der Waals surface area contributed by atoms with Crippen molar-refractivity contribution >= 4 is 55.8 Å². The van der Waals surface area contributed by atoms with E-state index >= 15 is 0 Å². The molecule has 130 valence electrons. The van der Waals surface area contributed by atoms with E-state index in [1.165, 1.54) is 16.9 Å². The van der Waals surface area contributed by atoms with E-state index in [0.717, 1.165) is 10.2 Å². The monoisotopic (exact) mass is 394 g/mol. The Morgan fingerprint density at radius 3 is 2.80 bits per heavy atom. The molecule has 3 aromatic rings. The van der Waals surface area contributed by atoms with Crippen LogP contribution in [-0.4, -0.2) is 17.5 Å². The van der Waals surface area contributed by atoms with Crippen molar-refractivity contribution in [3.63, 3.8) is 0 Å². The number of amides is 1. The van der Waals surface area contributed by atoms with Gasteiger partial charge in [0, 0.05) is 5.02 Å². The summed E-state index contributed by atoms with van der Waals surface area (Å²) in [5.74, 6) is 0.480. The highest BCUT2D eigenvalue weighted by Crippen LogP contribution is 2.31. The van der Waals surface area contributed by atoms with Crippen LogP contribution in [0, 0.1) is 0 Å². The summed E-state index contributed by atoms with van der Waals surface area (Å²) in [6.45, 7) is 4.08. The molecule has 3 rings (SSSR count). The average molecular weight is 395 g/mol. The lowest BCUT2D eigenvalue weighted by molar-refractivity contribution is -0.118. The molecule has 7 heteroatoms. The molecule has 1 amide bonds. The number of carbonyl (C=O) groups excluding carboxylic acids is 1. The van der Waals surface area contributed by atoms with Crippen LogP contribution >= 0.6 is 34.5 Å². The van der Waals surface area contributed by atoms with Gasteiger partial charge in [0.15, 0.2) is 11.7 Å². The summed E-state index contributed by atoms with van der Waals surface area (Å²) in [7, 11) is 0. The molecule has 0 fully saturated rings. The standard InChI is InChI=1S/C18H16Cl2N2O2S/c1-10(2)12-4-3-5-15-17(12)22-18(25-15)21-16(23)9-24-14-7-6-11(19)8-13(14)20/h3-8,10H,9H2,1-2H3,(H,21,22,23). The maximum absolute atomic E-state index is 12.1. The third-order valence-corrected chi connectivity index (χ3v) is 5.04. The van der Waals surface area contributed by atoms with Crippen LogP contribution in [0.4, 0.5) is 5.13 Å². The number of thiazole rings is 1. The fourth-order valence-electron chi connectivity index (χ4n) is 2.38. The van der Waals surface area contributed by atoms with E-state index in [1.807, 2.05) is 12.1 Å². The van der Waals surface area contributed by atoms with Crippen LogP contribution in [0.5, 0.6) is 5.75 Å². The van der Waals surface area contributed by atoms with Crippen molar-refractivity contribution in [3.8, 4) is 5.75 Å². The predicted molar refractivity (Wildman–Crippen MR) is 104 cm³/mol. The molecule has 0 spiro atoms. The summed E-state index contributed by atoms with van der Waals surface area (Å²) in [6, 6.07) is 10.9. The molecule has 0 unspecified atom stereocenters. The summed E-state index contributed by atoms with van der Waals surface area (Å²) in [5, 5.41) is 4.20. The Hall–Kier alpha value is -1.82. The van der Waals surface area contributed by atoms with E-state index in [0.29, 0.717) is 26.8 Å². The zero-order chi connectivity index (χ0) is 18.0. The molecule has 4 nitrogen and oxygen atoms in total. The van der Waals surface area contributed by atoms with Gasteiger partial charge in [-0.2, -0.15) is 0 Å². The minimum absolute atomic E-state index is 0.158. The number of para-hydroxylation sites is 1. The highest BCUT2D eigenvalue weighted by atomic mass is 35.5. The number of halogens is 2. The number of rotatable bonds is 5. The zero-order valence-corrected chi connectivity index (χ0v) is 16.0. The number of benzene rings is 2. The summed E-state index contributed by atoms with van der Waals surface area (Å²) >= 11 is 13.3. The van der Waals surface area contributed by atoms with Gasteiger partial charge in [0.05, 0.1) is 15.2 Å². The maximum Gasteiger partial charge on any atom is 0.264 e. The number of nitrogens with zero attached hydrogens (tertiary/aromatic N) is 1. The van der Waals surface area contributed by atoms with Crippen LogP contribution in [0.25, 0.3) is 10.2 Å². The van der Waals surface area contributed by atoms with Gasteiger partial charge in [-0.25, -0.2) is 4.98 Å². The number of aromatic nitrogens is 1. The quantitative estimate of drug-likeness (QED) is 0.599. The van der Waals surface area contributed by atoms with Crippen molar-refractivity contribution in [2.45, 2.75) is 19.8 Å². The summed E-state index contributed by atoms with van der Waals surface area (Å²) in [6.07, 6.45) is 0. The lowest BCUT2D eigenvalue weighted by atomic mass is 10.0. The van der Waals surface area contributed by atoms with Gasteiger partial charge in [-0.05, 0) is 35.7 Å². The van der Waals surface area contributed by atoms with E-state index in [1.54, 1.807) is 18.2 Å². The van der Waals surface area contributed by atoms with Crippen molar-refractivity contribution in [3.05, 3.63) is 52.0 Å². The second-order valence-corrected chi connectivity index (χ2v) is 7.65. The van der Waals surface area contributed by atoms with Crippen LogP contribution in [0.15, 0.2) is 36.4 Å². The third-order valence-electron chi connectivity index (χ3n) is 3.57. The van der Waals surface area contributed by atoms with Crippen molar-refractivity contribution in [1.29, 1.82) is 0 Å².